The van der Waals surface area contributed by atoms with Gasteiger partial charge in [0, 0.05) is 17.4 Å². The lowest BCUT2D eigenvalue weighted by molar-refractivity contribution is 0.0593. The first-order valence-corrected chi connectivity index (χ1v) is 7.83. The van der Waals surface area contributed by atoms with Crippen molar-refractivity contribution < 1.29 is 14.3 Å². The Bertz CT molecular complexity index is 1000. The van der Waals surface area contributed by atoms with Crippen LogP contribution >= 0.6 is 0 Å². The van der Waals surface area contributed by atoms with Gasteiger partial charge in [0.2, 0.25) is 0 Å². The first-order valence-electron chi connectivity index (χ1n) is 7.83. The van der Waals surface area contributed by atoms with Crippen molar-refractivity contribution in [3.05, 3.63) is 66.0 Å². The Balaban J connectivity index is 2.23. The SMILES string of the molecule is COC(=O)c1c(N)c(C#N)cn1-c1ccc(OC)c(-c2ccccc2)c1. The number of ether oxygens (including phenoxy) is 2. The summed E-state index contributed by atoms with van der Waals surface area (Å²) >= 11 is 0. The predicted molar refractivity (Wildman–Crippen MR) is 98.2 cm³/mol. The zero-order chi connectivity index (χ0) is 18.7. The van der Waals surface area contributed by atoms with Crippen molar-refractivity contribution >= 4 is 11.7 Å². The van der Waals surface area contributed by atoms with E-state index in [0.29, 0.717) is 11.4 Å². The molecule has 26 heavy (non-hydrogen) atoms. The van der Waals surface area contributed by atoms with Crippen molar-refractivity contribution in [3.8, 4) is 28.6 Å². The van der Waals surface area contributed by atoms with Gasteiger partial charge in [-0.1, -0.05) is 30.3 Å². The number of anilines is 1. The summed E-state index contributed by atoms with van der Waals surface area (Å²) in [5.41, 5.74) is 8.87. The maximum Gasteiger partial charge on any atom is 0.357 e. The number of hydrogen-bond acceptors (Lipinski definition) is 5. The van der Waals surface area contributed by atoms with Crippen LogP contribution in [0.3, 0.4) is 0 Å². The van der Waals surface area contributed by atoms with Crippen molar-refractivity contribution in [3.63, 3.8) is 0 Å². The quantitative estimate of drug-likeness (QED) is 0.731. The lowest BCUT2D eigenvalue weighted by atomic mass is 10.0. The number of methoxy groups -OCH3 is 2. The van der Waals surface area contributed by atoms with E-state index in [4.69, 9.17) is 15.2 Å². The third kappa shape index (κ3) is 2.87. The Morgan fingerprint density at radius 2 is 1.88 bits per heavy atom. The molecule has 1 heterocycles. The third-order valence-corrected chi connectivity index (χ3v) is 4.09. The van der Waals surface area contributed by atoms with Crippen molar-refractivity contribution in [2.24, 2.45) is 0 Å². The monoisotopic (exact) mass is 347 g/mol. The van der Waals surface area contributed by atoms with Crippen LogP contribution in [0.25, 0.3) is 16.8 Å². The zero-order valence-corrected chi connectivity index (χ0v) is 14.4. The maximum atomic E-state index is 12.2. The van der Waals surface area contributed by atoms with Crippen LogP contribution in [0, 0.1) is 11.3 Å². The van der Waals surface area contributed by atoms with Gasteiger partial charge in [-0.3, -0.25) is 0 Å². The maximum absolute atomic E-state index is 12.2. The van der Waals surface area contributed by atoms with Crippen LogP contribution in [0.4, 0.5) is 5.69 Å². The molecule has 6 nitrogen and oxygen atoms in total. The molecule has 0 atom stereocenters. The number of nitrogen functional groups attached to an aromatic ring is 1. The highest BCUT2D eigenvalue weighted by molar-refractivity contribution is 5.96. The van der Waals surface area contributed by atoms with Gasteiger partial charge in [0.25, 0.3) is 0 Å². The molecule has 0 aliphatic rings. The lowest BCUT2D eigenvalue weighted by Crippen LogP contribution is -2.11. The first kappa shape index (κ1) is 17.1. The third-order valence-electron chi connectivity index (χ3n) is 4.09. The summed E-state index contributed by atoms with van der Waals surface area (Å²) in [5, 5.41) is 9.26. The minimum atomic E-state index is -0.610. The highest BCUT2D eigenvalue weighted by Crippen LogP contribution is 2.33. The smallest absolute Gasteiger partial charge is 0.357 e. The standard InChI is InChI=1S/C20H17N3O3/c1-25-17-9-8-15(10-16(17)13-6-4-3-5-7-13)23-12-14(11-21)18(22)19(23)20(24)26-2/h3-10,12H,22H2,1-2H3. The van der Waals surface area contributed by atoms with E-state index in [-0.39, 0.29) is 16.9 Å². The van der Waals surface area contributed by atoms with Crippen molar-refractivity contribution in [1.82, 2.24) is 4.57 Å². The summed E-state index contributed by atoms with van der Waals surface area (Å²) < 4.78 is 11.8. The molecule has 0 unspecified atom stereocenters. The van der Waals surface area contributed by atoms with E-state index < -0.39 is 5.97 Å². The number of nitriles is 1. The average Bonchev–Trinajstić information content (AvgIpc) is 3.03. The van der Waals surface area contributed by atoms with E-state index in [2.05, 4.69) is 0 Å². The zero-order valence-electron chi connectivity index (χ0n) is 14.4. The molecule has 0 amide bonds. The summed E-state index contributed by atoms with van der Waals surface area (Å²) in [7, 11) is 2.87. The fourth-order valence-corrected chi connectivity index (χ4v) is 2.81. The van der Waals surface area contributed by atoms with Gasteiger partial charge >= 0.3 is 5.97 Å². The minimum Gasteiger partial charge on any atom is -0.496 e. The fraction of sp³-hybridized carbons (Fsp3) is 0.100. The lowest BCUT2D eigenvalue weighted by Gasteiger charge is -2.13. The summed E-state index contributed by atoms with van der Waals surface area (Å²) in [4.78, 5) is 12.2. The highest BCUT2D eigenvalue weighted by atomic mass is 16.5. The summed E-state index contributed by atoms with van der Waals surface area (Å²) in [6, 6.07) is 17.2. The van der Waals surface area contributed by atoms with Gasteiger partial charge in [0.05, 0.1) is 25.5 Å². The topological polar surface area (TPSA) is 90.3 Å². The van der Waals surface area contributed by atoms with Crippen molar-refractivity contribution in [1.29, 1.82) is 5.26 Å². The van der Waals surface area contributed by atoms with Gasteiger partial charge in [-0.15, -0.1) is 0 Å². The number of rotatable bonds is 4. The van der Waals surface area contributed by atoms with E-state index in [1.807, 2.05) is 42.5 Å². The molecule has 0 saturated carbocycles. The number of hydrogen-bond donors (Lipinski definition) is 1. The van der Waals surface area contributed by atoms with E-state index >= 15 is 0 Å². The molecule has 0 aliphatic heterocycles. The van der Waals surface area contributed by atoms with Gasteiger partial charge in [-0.05, 0) is 23.8 Å². The number of nitrogens with zero attached hydrogens (tertiary/aromatic N) is 2. The van der Waals surface area contributed by atoms with Gasteiger partial charge in [0.1, 0.15) is 11.8 Å². The van der Waals surface area contributed by atoms with Crippen LogP contribution in [0.2, 0.25) is 0 Å². The molecule has 130 valence electrons. The molecule has 0 saturated heterocycles. The van der Waals surface area contributed by atoms with E-state index in [9.17, 15) is 10.1 Å². The second-order valence-electron chi connectivity index (χ2n) is 5.53. The van der Waals surface area contributed by atoms with Crippen LogP contribution in [-0.2, 0) is 4.74 Å². The van der Waals surface area contributed by atoms with Crippen LogP contribution in [0.1, 0.15) is 16.1 Å². The number of carbonyl (C=O) groups excluding carboxylic acids is 1. The highest BCUT2D eigenvalue weighted by Gasteiger charge is 2.22. The average molecular weight is 347 g/mol. The number of esters is 1. The van der Waals surface area contributed by atoms with Crippen LogP contribution in [0.5, 0.6) is 5.75 Å². The molecule has 0 radical (unpaired) electrons. The number of carbonyl (C=O) groups is 1. The van der Waals surface area contributed by atoms with E-state index in [1.165, 1.54) is 13.3 Å². The predicted octanol–water partition coefficient (Wildman–Crippen LogP) is 3.39. The Labute approximate surface area is 151 Å². The summed E-state index contributed by atoms with van der Waals surface area (Å²) in [6.45, 7) is 0. The molecule has 2 N–H and O–H groups in total. The summed E-state index contributed by atoms with van der Waals surface area (Å²) in [5.74, 6) is 0.0845. The number of nitrogens with two attached hydrogens (primary N) is 1. The van der Waals surface area contributed by atoms with Gasteiger partial charge in [0.15, 0.2) is 5.69 Å². The first-order chi connectivity index (χ1) is 12.6. The second-order valence-corrected chi connectivity index (χ2v) is 5.53. The Kier molecular flexibility index (Phi) is 4.63. The van der Waals surface area contributed by atoms with Crippen LogP contribution in [0.15, 0.2) is 54.7 Å². The summed E-state index contributed by atoms with van der Waals surface area (Å²) in [6.07, 6.45) is 1.53. The molecule has 1 aromatic heterocycles. The molecule has 3 aromatic rings. The van der Waals surface area contributed by atoms with E-state index in [0.717, 1.165) is 11.1 Å². The van der Waals surface area contributed by atoms with Crippen LogP contribution < -0.4 is 10.5 Å². The van der Waals surface area contributed by atoms with Crippen molar-refractivity contribution in [2.45, 2.75) is 0 Å². The molecule has 0 spiro atoms. The number of benzene rings is 2. The van der Waals surface area contributed by atoms with E-state index in [1.54, 1.807) is 23.8 Å². The molecule has 0 bridgehead atoms. The Hall–Kier alpha value is -3.72. The minimum absolute atomic E-state index is 0.0939. The van der Waals surface area contributed by atoms with Gasteiger partial charge in [-0.2, -0.15) is 5.26 Å². The molecule has 2 aromatic carbocycles. The van der Waals surface area contributed by atoms with Gasteiger partial charge in [-0.25, -0.2) is 4.79 Å². The normalized spacial score (nSPS) is 10.2. The largest absolute Gasteiger partial charge is 0.496 e. The number of aromatic nitrogens is 1. The van der Waals surface area contributed by atoms with Gasteiger partial charge < -0.3 is 19.8 Å². The Morgan fingerprint density at radius 3 is 2.50 bits per heavy atom. The molecule has 6 heteroatoms. The molecule has 3 rings (SSSR count). The molecular weight excluding hydrogens is 330 g/mol. The molecule has 0 aliphatic carbocycles. The Morgan fingerprint density at radius 1 is 1.15 bits per heavy atom. The molecule has 0 fully saturated rings. The van der Waals surface area contributed by atoms with Crippen molar-refractivity contribution in [2.75, 3.05) is 20.0 Å². The molecular formula is C20H17N3O3. The second kappa shape index (κ2) is 7.03. The van der Waals surface area contributed by atoms with Crippen LogP contribution in [-0.4, -0.2) is 24.8 Å². The fourth-order valence-electron chi connectivity index (χ4n) is 2.81.